The summed E-state index contributed by atoms with van der Waals surface area (Å²) in [4.78, 5) is 24.2. The van der Waals surface area contributed by atoms with E-state index in [1.54, 1.807) is 48.7 Å². The summed E-state index contributed by atoms with van der Waals surface area (Å²) in [5.41, 5.74) is -0.103. The third-order valence-electron chi connectivity index (χ3n) is 5.16. The number of ether oxygens (including phenoxy) is 1. The maximum atomic E-state index is 13.1. The van der Waals surface area contributed by atoms with E-state index in [2.05, 4.69) is 20.3 Å². The molecule has 0 saturated carbocycles. The van der Waals surface area contributed by atoms with Crippen LogP contribution in [0.4, 0.5) is 18.9 Å². The number of anilines is 1. The van der Waals surface area contributed by atoms with Crippen molar-refractivity contribution in [3.8, 4) is 11.6 Å². The first-order chi connectivity index (χ1) is 16.3. The monoisotopic (exact) mass is 482 g/mol. The summed E-state index contributed by atoms with van der Waals surface area (Å²) in [6.45, 7) is 0. The topological polar surface area (TPSA) is 79.9 Å². The molecular formula is C24H14ClF3N4O2. The van der Waals surface area contributed by atoms with E-state index in [1.807, 2.05) is 0 Å². The van der Waals surface area contributed by atoms with Crippen LogP contribution < -0.4 is 10.1 Å². The van der Waals surface area contributed by atoms with Crippen molar-refractivity contribution < 1.29 is 22.7 Å². The molecule has 2 heterocycles. The molecule has 0 radical (unpaired) electrons. The van der Waals surface area contributed by atoms with Gasteiger partial charge in [-0.2, -0.15) is 13.2 Å². The van der Waals surface area contributed by atoms with Crippen molar-refractivity contribution in [1.82, 2.24) is 15.0 Å². The molecule has 3 aromatic carbocycles. The van der Waals surface area contributed by atoms with Crippen LogP contribution in [0.25, 0.3) is 21.8 Å². The second-order valence-electron chi connectivity index (χ2n) is 7.36. The van der Waals surface area contributed by atoms with Crippen molar-refractivity contribution in [2.75, 3.05) is 5.32 Å². The number of benzene rings is 3. The van der Waals surface area contributed by atoms with Gasteiger partial charge >= 0.3 is 6.18 Å². The number of amides is 1. The van der Waals surface area contributed by atoms with Crippen LogP contribution in [0.5, 0.6) is 11.6 Å². The minimum absolute atomic E-state index is 0.0158. The predicted octanol–water partition coefficient (Wildman–Crippen LogP) is 6.83. The Hall–Kier alpha value is -4.11. The van der Waals surface area contributed by atoms with Crippen molar-refractivity contribution in [3.05, 3.63) is 89.3 Å². The predicted molar refractivity (Wildman–Crippen MR) is 122 cm³/mol. The molecule has 10 heteroatoms. The molecule has 0 bridgehead atoms. The van der Waals surface area contributed by atoms with E-state index in [9.17, 15) is 18.0 Å². The normalized spacial score (nSPS) is 11.6. The smallest absolute Gasteiger partial charge is 0.417 e. The highest BCUT2D eigenvalue weighted by Gasteiger charge is 2.33. The largest absolute Gasteiger partial charge is 0.438 e. The van der Waals surface area contributed by atoms with Crippen molar-refractivity contribution >= 4 is 45.0 Å². The Morgan fingerprint density at radius 1 is 1.00 bits per heavy atom. The Labute approximate surface area is 195 Å². The number of hydrogen-bond donors (Lipinski definition) is 2. The second kappa shape index (κ2) is 8.35. The molecule has 34 heavy (non-hydrogen) atoms. The van der Waals surface area contributed by atoms with Crippen LogP contribution in [0.3, 0.4) is 0 Å². The molecule has 170 valence electrons. The number of carbonyl (C=O) groups excluding carboxylic acids is 1. The summed E-state index contributed by atoms with van der Waals surface area (Å²) in [5.74, 6) is 0.320. The maximum absolute atomic E-state index is 13.1. The molecule has 2 aromatic heterocycles. The zero-order valence-electron chi connectivity index (χ0n) is 17.2. The van der Waals surface area contributed by atoms with Gasteiger partial charge in [0.15, 0.2) is 0 Å². The lowest BCUT2D eigenvalue weighted by atomic mass is 10.0. The quantitative estimate of drug-likeness (QED) is 0.294. The lowest BCUT2D eigenvalue weighted by Crippen LogP contribution is -2.14. The number of aromatic amines is 1. The highest BCUT2D eigenvalue weighted by Crippen LogP contribution is 2.36. The van der Waals surface area contributed by atoms with E-state index in [-0.39, 0.29) is 5.69 Å². The number of nitrogens with zero attached hydrogens (tertiary/aromatic N) is 2. The van der Waals surface area contributed by atoms with Gasteiger partial charge in [0.2, 0.25) is 5.88 Å². The lowest BCUT2D eigenvalue weighted by Gasteiger charge is -2.13. The van der Waals surface area contributed by atoms with Crippen molar-refractivity contribution in [2.45, 2.75) is 6.18 Å². The Balaban J connectivity index is 1.43. The molecule has 0 saturated heterocycles. The van der Waals surface area contributed by atoms with Crippen LogP contribution >= 0.6 is 11.6 Å². The fourth-order valence-corrected chi connectivity index (χ4v) is 3.81. The summed E-state index contributed by atoms with van der Waals surface area (Å²) in [6.07, 6.45) is -1.52. The fourth-order valence-electron chi connectivity index (χ4n) is 3.58. The van der Waals surface area contributed by atoms with Crippen molar-refractivity contribution in [3.63, 3.8) is 0 Å². The van der Waals surface area contributed by atoms with Gasteiger partial charge in [0.05, 0.1) is 16.0 Å². The van der Waals surface area contributed by atoms with Crippen LogP contribution in [0.1, 0.15) is 15.9 Å². The zero-order chi connectivity index (χ0) is 23.9. The molecule has 0 fully saturated rings. The minimum Gasteiger partial charge on any atom is -0.438 e. The van der Waals surface area contributed by atoms with E-state index in [0.29, 0.717) is 33.6 Å². The van der Waals surface area contributed by atoms with E-state index in [0.717, 1.165) is 17.5 Å². The Morgan fingerprint density at radius 3 is 2.68 bits per heavy atom. The second-order valence-corrected chi connectivity index (χ2v) is 7.76. The van der Waals surface area contributed by atoms with Crippen LogP contribution in [-0.4, -0.2) is 20.9 Å². The minimum atomic E-state index is -4.64. The summed E-state index contributed by atoms with van der Waals surface area (Å²) in [7, 11) is 0. The average Bonchev–Trinajstić information content (AvgIpc) is 3.29. The number of hydrogen-bond acceptors (Lipinski definition) is 4. The molecule has 5 rings (SSSR count). The highest BCUT2D eigenvalue weighted by molar-refractivity contribution is 6.31. The molecule has 5 aromatic rings. The number of H-pyrrole nitrogens is 1. The van der Waals surface area contributed by atoms with E-state index in [4.69, 9.17) is 16.3 Å². The number of aromatic nitrogens is 3. The van der Waals surface area contributed by atoms with Gasteiger partial charge in [-0.3, -0.25) is 4.79 Å². The first kappa shape index (κ1) is 21.7. The third-order valence-corrected chi connectivity index (χ3v) is 5.49. The third kappa shape index (κ3) is 4.13. The molecule has 0 aliphatic heterocycles. The molecule has 0 aliphatic rings. The number of carbonyl (C=O) groups is 1. The van der Waals surface area contributed by atoms with Gasteiger partial charge in [0, 0.05) is 17.4 Å². The van der Waals surface area contributed by atoms with Crippen LogP contribution in [-0.2, 0) is 6.18 Å². The van der Waals surface area contributed by atoms with Gasteiger partial charge in [0.1, 0.15) is 17.7 Å². The van der Waals surface area contributed by atoms with Crippen LogP contribution in [0.2, 0.25) is 5.02 Å². The molecule has 0 aliphatic carbocycles. The molecule has 2 N–H and O–H groups in total. The van der Waals surface area contributed by atoms with Crippen molar-refractivity contribution in [1.29, 1.82) is 0 Å². The van der Waals surface area contributed by atoms with Gasteiger partial charge in [-0.1, -0.05) is 23.7 Å². The highest BCUT2D eigenvalue weighted by atomic mass is 35.5. The summed E-state index contributed by atoms with van der Waals surface area (Å²) < 4.78 is 45.3. The number of fused-ring (bicyclic) bond motifs is 2. The molecule has 0 spiro atoms. The summed E-state index contributed by atoms with van der Waals surface area (Å²) in [6, 6.07) is 15.2. The first-order valence-corrected chi connectivity index (χ1v) is 10.3. The van der Waals surface area contributed by atoms with Gasteiger partial charge in [-0.15, -0.1) is 0 Å². The van der Waals surface area contributed by atoms with Crippen LogP contribution in [0, 0.1) is 0 Å². The molecule has 0 atom stereocenters. The number of nitrogens with one attached hydrogen (secondary N) is 2. The Bertz CT molecular complexity index is 1550. The number of halogens is 4. The summed E-state index contributed by atoms with van der Waals surface area (Å²) in [5, 5.41) is 4.10. The SMILES string of the molecule is O=C(Nc1ccc(Cl)c(C(F)(F)F)c1)c1cccc2cc(Oc3ncnc4[nH]ccc34)ccc12. The maximum Gasteiger partial charge on any atom is 0.417 e. The lowest BCUT2D eigenvalue weighted by molar-refractivity contribution is -0.137. The van der Waals surface area contributed by atoms with E-state index >= 15 is 0 Å². The molecule has 1 amide bonds. The van der Waals surface area contributed by atoms with Gasteiger partial charge < -0.3 is 15.0 Å². The first-order valence-electron chi connectivity index (χ1n) is 9.96. The number of rotatable bonds is 4. The van der Waals surface area contributed by atoms with E-state index in [1.165, 1.54) is 12.4 Å². The van der Waals surface area contributed by atoms with Gasteiger partial charge in [-0.25, -0.2) is 9.97 Å². The average molecular weight is 483 g/mol. The number of alkyl halides is 3. The van der Waals surface area contributed by atoms with Gasteiger partial charge in [0.25, 0.3) is 5.91 Å². The summed E-state index contributed by atoms with van der Waals surface area (Å²) >= 11 is 5.66. The molecular weight excluding hydrogens is 469 g/mol. The standard InChI is InChI=1S/C24H14ClF3N4O2/c25-20-7-4-14(11-19(20)24(26,27)28)32-22(33)17-3-1-2-13-10-15(5-6-16(13)17)34-23-18-8-9-29-21(18)30-12-31-23/h1-12H,(H,32,33)(H,29,30,31). The van der Waals surface area contributed by atoms with Crippen LogP contribution in [0.15, 0.2) is 73.2 Å². The fraction of sp³-hybridized carbons (Fsp3) is 0.0417. The zero-order valence-corrected chi connectivity index (χ0v) is 17.9. The molecule has 6 nitrogen and oxygen atoms in total. The Morgan fingerprint density at radius 2 is 1.85 bits per heavy atom. The Kier molecular flexibility index (Phi) is 5.33. The van der Waals surface area contributed by atoms with E-state index < -0.39 is 22.7 Å². The molecule has 0 unspecified atom stereocenters. The van der Waals surface area contributed by atoms with Gasteiger partial charge in [-0.05, 0) is 59.3 Å². The van der Waals surface area contributed by atoms with Crippen molar-refractivity contribution in [2.24, 2.45) is 0 Å².